The van der Waals surface area contributed by atoms with Crippen molar-refractivity contribution in [2.75, 3.05) is 6.54 Å². The van der Waals surface area contributed by atoms with Crippen molar-refractivity contribution in [3.05, 3.63) is 73.7 Å². The molecule has 128 valence electrons. The highest BCUT2D eigenvalue weighted by atomic mass is 16.1. The average molecular weight is 337 g/mol. The predicted molar refractivity (Wildman–Crippen MR) is 93.5 cm³/mol. The molecule has 0 unspecified atom stereocenters. The van der Waals surface area contributed by atoms with E-state index in [2.05, 4.69) is 15.0 Å². The van der Waals surface area contributed by atoms with Gasteiger partial charge in [-0.05, 0) is 24.1 Å². The van der Waals surface area contributed by atoms with Crippen LogP contribution in [0.4, 0.5) is 0 Å². The first-order valence-electron chi connectivity index (χ1n) is 8.27. The molecule has 4 heterocycles. The summed E-state index contributed by atoms with van der Waals surface area (Å²) in [7, 11) is 1.67. The molecule has 1 aliphatic rings. The molecular formula is C18H19N5O2. The summed E-state index contributed by atoms with van der Waals surface area (Å²) in [5, 5.41) is 4.33. The van der Waals surface area contributed by atoms with Gasteiger partial charge in [0.2, 0.25) is 0 Å². The SMILES string of the molecule is Cc1ccc2nc(CN3CCc4nn(C)c(=O)cc4C3)cc(=O)n2c1. The fraction of sp³-hybridized carbons (Fsp3) is 0.333. The minimum atomic E-state index is -0.0990. The van der Waals surface area contributed by atoms with Crippen LogP contribution in [0.5, 0.6) is 0 Å². The third kappa shape index (κ3) is 2.98. The van der Waals surface area contributed by atoms with Crippen molar-refractivity contribution in [1.29, 1.82) is 0 Å². The minimum absolute atomic E-state index is 0.0726. The van der Waals surface area contributed by atoms with Gasteiger partial charge >= 0.3 is 0 Å². The number of hydrogen-bond acceptors (Lipinski definition) is 5. The van der Waals surface area contributed by atoms with Crippen molar-refractivity contribution < 1.29 is 0 Å². The second kappa shape index (κ2) is 5.93. The largest absolute Gasteiger partial charge is 0.293 e. The molecule has 0 amide bonds. The van der Waals surface area contributed by atoms with Crippen LogP contribution in [0.1, 0.15) is 22.5 Å². The second-order valence-corrected chi connectivity index (χ2v) is 6.56. The van der Waals surface area contributed by atoms with E-state index in [1.54, 1.807) is 29.8 Å². The Hall–Kier alpha value is -2.80. The minimum Gasteiger partial charge on any atom is -0.293 e. The molecule has 0 N–H and O–H groups in total. The number of hydrogen-bond donors (Lipinski definition) is 0. The summed E-state index contributed by atoms with van der Waals surface area (Å²) >= 11 is 0. The molecule has 0 saturated carbocycles. The predicted octanol–water partition coefficient (Wildman–Crippen LogP) is 0.655. The van der Waals surface area contributed by atoms with Gasteiger partial charge in [-0.2, -0.15) is 5.10 Å². The summed E-state index contributed by atoms with van der Waals surface area (Å²) in [6, 6.07) is 7.05. The molecular weight excluding hydrogens is 318 g/mol. The van der Waals surface area contributed by atoms with Gasteiger partial charge in [-0.1, -0.05) is 6.07 Å². The van der Waals surface area contributed by atoms with Crippen LogP contribution in [0.3, 0.4) is 0 Å². The lowest BCUT2D eigenvalue weighted by molar-refractivity contribution is 0.238. The van der Waals surface area contributed by atoms with E-state index in [0.717, 1.165) is 35.5 Å². The van der Waals surface area contributed by atoms with E-state index >= 15 is 0 Å². The molecule has 7 heteroatoms. The van der Waals surface area contributed by atoms with Crippen LogP contribution in [-0.4, -0.2) is 30.6 Å². The van der Waals surface area contributed by atoms with Crippen LogP contribution in [0.2, 0.25) is 0 Å². The Morgan fingerprint density at radius 3 is 2.84 bits per heavy atom. The lowest BCUT2D eigenvalue weighted by Crippen LogP contribution is -2.34. The second-order valence-electron chi connectivity index (χ2n) is 6.56. The van der Waals surface area contributed by atoms with Gasteiger partial charge < -0.3 is 0 Å². The van der Waals surface area contributed by atoms with E-state index in [4.69, 9.17) is 0 Å². The first kappa shape index (κ1) is 15.7. The Balaban J connectivity index is 1.61. The maximum Gasteiger partial charge on any atom is 0.266 e. The van der Waals surface area contributed by atoms with E-state index in [1.165, 1.54) is 4.68 Å². The first-order chi connectivity index (χ1) is 12.0. The normalized spacial score (nSPS) is 14.6. The molecule has 0 aliphatic carbocycles. The van der Waals surface area contributed by atoms with Crippen LogP contribution >= 0.6 is 0 Å². The fourth-order valence-electron chi connectivity index (χ4n) is 3.26. The third-order valence-electron chi connectivity index (χ3n) is 4.56. The Labute approximate surface area is 144 Å². The van der Waals surface area contributed by atoms with E-state index in [0.29, 0.717) is 18.7 Å². The fourth-order valence-corrected chi connectivity index (χ4v) is 3.26. The summed E-state index contributed by atoms with van der Waals surface area (Å²) in [5.74, 6) is 0. The average Bonchev–Trinajstić information content (AvgIpc) is 2.57. The van der Waals surface area contributed by atoms with Crippen molar-refractivity contribution in [3.63, 3.8) is 0 Å². The van der Waals surface area contributed by atoms with Gasteiger partial charge in [-0.3, -0.25) is 18.9 Å². The smallest absolute Gasteiger partial charge is 0.266 e. The molecule has 0 aromatic carbocycles. The molecule has 3 aromatic heterocycles. The first-order valence-corrected chi connectivity index (χ1v) is 8.27. The van der Waals surface area contributed by atoms with Crippen molar-refractivity contribution in [2.24, 2.45) is 7.05 Å². The van der Waals surface area contributed by atoms with E-state index in [-0.39, 0.29) is 11.1 Å². The van der Waals surface area contributed by atoms with Crippen molar-refractivity contribution in [2.45, 2.75) is 26.4 Å². The summed E-state index contributed by atoms with van der Waals surface area (Å²) in [4.78, 5) is 30.9. The summed E-state index contributed by atoms with van der Waals surface area (Å²) in [6.07, 6.45) is 2.59. The van der Waals surface area contributed by atoms with Gasteiger partial charge in [0.05, 0.1) is 11.4 Å². The molecule has 0 saturated heterocycles. The maximum atomic E-state index is 12.3. The number of aromatic nitrogens is 4. The van der Waals surface area contributed by atoms with Crippen LogP contribution < -0.4 is 11.1 Å². The highest BCUT2D eigenvalue weighted by Crippen LogP contribution is 2.16. The monoisotopic (exact) mass is 337 g/mol. The van der Waals surface area contributed by atoms with Gasteiger partial charge in [0, 0.05) is 51.4 Å². The van der Waals surface area contributed by atoms with Crippen molar-refractivity contribution in [1.82, 2.24) is 24.1 Å². The standard InChI is InChI=1S/C18H19N5O2/c1-12-3-4-16-19-14(8-18(25)23(16)9-12)11-22-6-5-15-13(10-22)7-17(24)21(2)20-15/h3-4,7-9H,5-6,10-11H2,1-2H3. The molecule has 0 fully saturated rings. The third-order valence-corrected chi connectivity index (χ3v) is 4.56. The number of aryl methyl sites for hydroxylation is 2. The van der Waals surface area contributed by atoms with Gasteiger partial charge in [-0.15, -0.1) is 0 Å². The van der Waals surface area contributed by atoms with Crippen molar-refractivity contribution >= 4 is 5.65 Å². The van der Waals surface area contributed by atoms with Crippen molar-refractivity contribution in [3.8, 4) is 0 Å². The lowest BCUT2D eigenvalue weighted by atomic mass is 10.1. The number of nitrogens with zero attached hydrogens (tertiary/aromatic N) is 5. The summed E-state index contributed by atoms with van der Waals surface area (Å²) < 4.78 is 2.94. The van der Waals surface area contributed by atoms with E-state index < -0.39 is 0 Å². The molecule has 3 aromatic rings. The lowest BCUT2D eigenvalue weighted by Gasteiger charge is -2.27. The van der Waals surface area contributed by atoms with Crippen LogP contribution in [0.15, 0.2) is 40.1 Å². The van der Waals surface area contributed by atoms with Gasteiger partial charge in [0.15, 0.2) is 0 Å². The van der Waals surface area contributed by atoms with Crippen LogP contribution in [0.25, 0.3) is 5.65 Å². The summed E-state index contributed by atoms with van der Waals surface area (Å²) in [5.41, 5.74) is 4.18. The molecule has 0 radical (unpaired) electrons. The van der Waals surface area contributed by atoms with E-state index in [9.17, 15) is 9.59 Å². The topological polar surface area (TPSA) is 72.5 Å². The van der Waals surface area contributed by atoms with Gasteiger partial charge in [-0.25, -0.2) is 9.67 Å². The zero-order valence-electron chi connectivity index (χ0n) is 14.3. The molecule has 1 aliphatic heterocycles. The highest BCUT2D eigenvalue weighted by molar-refractivity contribution is 5.40. The van der Waals surface area contributed by atoms with Gasteiger partial charge in [0.25, 0.3) is 11.1 Å². The van der Waals surface area contributed by atoms with Crippen LogP contribution in [-0.2, 0) is 26.6 Å². The molecule has 0 atom stereocenters. The number of fused-ring (bicyclic) bond motifs is 2. The Kier molecular flexibility index (Phi) is 3.73. The van der Waals surface area contributed by atoms with E-state index in [1.807, 2.05) is 19.1 Å². The summed E-state index contributed by atoms with van der Waals surface area (Å²) in [6.45, 7) is 4.00. The molecule has 25 heavy (non-hydrogen) atoms. The Morgan fingerprint density at radius 2 is 2.00 bits per heavy atom. The maximum absolute atomic E-state index is 12.3. The molecule has 0 bridgehead atoms. The zero-order valence-corrected chi connectivity index (χ0v) is 14.3. The van der Waals surface area contributed by atoms with Crippen LogP contribution in [0, 0.1) is 6.92 Å². The quantitative estimate of drug-likeness (QED) is 0.687. The molecule has 7 nitrogen and oxygen atoms in total. The highest BCUT2D eigenvalue weighted by Gasteiger charge is 2.19. The molecule has 0 spiro atoms. The van der Waals surface area contributed by atoms with Gasteiger partial charge in [0.1, 0.15) is 5.65 Å². The molecule has 4 rings (SSSR count). The number of pyridine rings is 1. The zero-order chi connectivity index (χ0) is 17.6. The Morgan fingerprint density at radius 1 is 1.16 bits per heavy atom. The Bertz CT molecular complexity index is 1080. The number of rotatable bonds is 2.